The maximum absolute atomic E-state index is 12.4. The minimum Gasteiger partial charge on any atom is -0.871 e. The number of rotatable bonds is 12. The van der Waals surface area contributed by atoms with E-state index in [9.17, 15) is 46.9 Å². The fraction of sp³-hybridized carbons (Fsp3) is 0.111. The second kappa shape index (κ2) is 21.3. The number of sulfonamides is 2. The van der Waals surface area contributed by atoms with Crippen LogP contribution in [0.3, 0.4) is 0 Å². The van der Waals surface area contributed by atoms with Gasteiger partial charge >= 0.3 is 46.9 Å². The van der Waals surface area contributed by atoms with Crippen molar-refractivity contribution in [3.63, 3.8) is 0 Å². The Labute approximate surface area is 376 Å². The number of aromatic carboxylic acids is 1. The van der Waals surface area contributed by atoms with Crippen LogP contribution in [-0.2, 0) is 42.2 Å². The number of halogens is 1. The minimum absolute atomic E-state index is 0. The Morgan fingerprint density at radius 2 is 1.49 bits per heavy atom. The summed E-state index contributed by atoms with van der Waals surface area (Å²) in [5.41, 5.74) is -0.369. The number of primary sulfonamides is 1. The van der Waals surface area contributed by atoms with Crippen molar-refractivity contribution in [2.24, 2.45) is 25.6 Å². The van der Waals surface area contributed by atoms with Crippen LogP contribution in [0.4, 0.5) is 28.4 Å². The number of carboxylic acids is 1. The molecule has 1 radical (unpaired) electrons. The van der Waals surface area contributed by atoms with E-state index in [2.05, 4.69) is 30.5 Å². The molecule has 0 aliphatic rings. The summed E-state index contributed by atoms with van der Waals surface area (Å²) in [6.45, 7) is 2.82. The second-order valence-electron chi connectivity index (χ2n) is 11.7. The van der Waals surface area contributed by atoms with Gasteiger partial charge in [0.1, 0.15) is 11.4 Å². The van der Waals surface area contributed by atoms with E-state index < -0.39 is 71.0 Å². The number of benzene rings is 5. The predicted molar refractivity (Wildman–Crippen MR) is 203 cm³/mol. The van der Waals surface area contributed by atoms with Crippen molar-refractivity contribution in [3.05, 3.63) is 113 Å². The number of azo groups is 2. The van der Waals surface area contributed by atoms with Crippen LogP contribution >= 0.6 is 11.6 Å². The van der Waals surface area contributed by atoms with E-state index in [1.165, 1.54) is 25.3 Å². The number of anilines is 2. The number of ether oxygens (including phenoxy) is 1. The van der Waals surface area contributed by atoms with Gasteiger partial charge in [-0.2, -0.15) is 10.2 Å². The number of ketones is 1. The number of carbonyl (C=O) groups excluding carboxylic acids is 2. The maximum Gasteiger partial charge on any atom is 3.00 e. The van der Waals surface area contributed by atoms with Crippen LogP contribution in [0.2, 0.25) is 5.02 Å². The quantitative estimate of drug-likeness (QED) is 0.0677. The number of fused-ring (bicyclic) bond motifs is 1. The number of hydrogen-bond acceptors (Lipinski definition) is 16. The fourth-order valence-corrected chi connectivity index (χ4v) is 6.14. The molecule has 0 fully saturated rings. The Kier molecular flexibility index (Phi) is 18.0. The standard InChI is InChI=1S/C18H16ClN3O5S.C18H18N4O6S.Cr.Na/c1-27-16-9-13(15(24)8-11(16)19)20-21-18-14(23)7-6-10-4-3-5-12(17(10)18)22-28(2,25)26;1-10-5-3-4-6-14(10)20-17(24)16(11(2)23)22-21-15-9-12(29(19,27)28)7-8-13(15)18(25)26;;/h3-9,22-24H,1-2H3;3-9,20,24H,1-2H3,(H,25,26)(H2,19,27,28);;/q;;+3;+1/p-4/b;17-16-,22-21?;;. The summed E-state index contributed by atoms with van der Waals surface area (Å²) in [6.07, 6.45) is 0.998. The van der Waals surface area contributed by atoms with E-state index in [1.807, 2.05) is 0 Å². The van der Waals surface area contributed by atoms with Gasteiger partial charge in [-0.15, -0.1) is 10.2 Å². The van der Waals surface area contributed by atoms with Crippen LogP contribution < -0.4 is 69.9 Å². The molecule has 0 amide bonds. The molecule has 5 aromatic carbocycles. The van der Waals surface area contributed by atoms with Crippen LogP contribution in [0.1, 0.15) is 22.8 Å². The maximum atomic E-state index is 12.4. The first kappa shape index (κ1) is 50.1. The summed E-state index contributed by atoms with van der Waals surface area (Å²) in [7, 11) is -6.36. The molecule has 18 nitrogen and oxygen atoms in total. The molecule has 59 heavy (non-hydrogen) atoms. The molecule has 0 bridgehead atoms. The zero-order valence-electron chi connectivity index (χ0n) is 31.5. The van der Waals surface area contributed by atoms with Crippen molar-refractivity contribution >= 4 is 82.6 Å². The van der Waals surface area contributed by atoms with Gasteiger partial charge in [0.05, 0.1) is 52.0 Å². The average molecular weight is 911 g/mol. The van der Waals surface area contributed by atoms with E-state index in [0.717, 1.165) is 43.0 Å². The van der Waals surface area contributed by atoms with Crippen LogP contribution in [0.5, 0.6) is 17.2 Å². The van der Waals surface area contributed by atoms with Gasteiger partial charge in [0.25, 0.3) is 0 Å². The smallest absolute Gasteiger partial charge is 0.871 e. The topological polar surface area (TPSA) is 303 Å². The third kappa shape index (κ3) is 13.5. The van der Waals surface area contributed by atoms with Gasteiger partial charge in [0.15, 0.2) is 5.78 Å². The zero-order valence-corrected chi connectivity index (χ0v) is 37.2. The number of allylic oxidation sites excluding steroid dienone is 1. The summed E-state index contributed by atoms with van der Waals surface area (Å²) in [6, 6.07) is 19.7. The molecule has 0 heterocycles. The number of Topliss-reactive ketones (excluding diaryl/α,β-unsaturated/α-hetero) is 1. The number of carboxylic acid groups (broad SMARTS) is 1. The van der Waals surface area contributed by atoms with Gasteiger partial charge in [0.2, 0.25) is 20.0 Å². The number of carbonyl (C=O) groups is 2. The third-order valence-electron chi connectivity index (χ3n) is 7.48. The molecule has 0 unspecified atom stereocenters. The molecule has 0 aliphatic carbocycles. The Balaban J connectivity index is 0.000000394. The molecule has 23 heteroatoms. The predicted octanol–water partition coefficient (Wildman–Crippen LogP) is 0.758. The normalized spacial score (nSPS) is 11.8. The summed E-state index contributed by atoms with van der Waals surface area (Å²) >= 11 is 5.89. The van der Waals surface area contributed by atoms with Gasteiger partial charge in [-0.3, -0.25) is 9.52 Å². The van der Waals surface area contributed by atoms with Crippen molar-refractivity contribution in [1.82, 2.24) is 0 Å². The SMILES string of the molecule is CC(=O)/C(N=Nc1cc(S(N)(=O)=O)ccc1C(=O)[O-])=C(/[O-])Nc1ccccc1C.COc1cc(N=Nc2c([O-])ccc3cccc(NS(C)(=O)=O)c23)c([O-])cc1Cl.[Cr+3].[Na+]. The van der Waals surface area contributed by atoms with Gasteiger partial charge in [-0.25, -0.2) is 22.0 Å². The minimum atomic E-state index is -4.15. The fourth-order valence-electron chi connectivity index (χ4n) is 4.81. The molecule has 5 rings (SSSR count). The van der Waals surface area contributed by atoms with E-state index in [1.54, 1.807) is 49.4 Å². The number of nitrogens with one attached hydrogen (secondary N) is 2. The van der Waals surface area contributed by atoms with Gasteiger partial charge in [0, 0.05) is 29.6 Å². The van der Waals surface area contributed by atoms with E-state index in [4.69, 9.17) is 21.5 Å². The second-order valence-corrected chi connectivity index (χ2v) is 15.4. The molecule has 4 N–H and O–H groups in total. The van der Waals surface area contributed by atoms with Crippen LogP contribution in [-0.4, -0.2) is 42.0 Å². The number of para-hydroxylation sites is 1. The molecule has 0 aliphatic heterocycles. The summed E-state index contributed by atoms with van der Waals surface area (Å²) in [5, 5.41) is 71.5. The molecular weight excluding hydrogens is 881 g/mol. The van der Waals surface area contributed by atoms with Gasteiger partial charge in [-0.05, 0) is 60.2 Å². The van der Waals surface area contributed by atoms with E-state index in [0.29, 0.717) is 11.1 Å². The largest absolute Gasteiger partial charge is 3.00 e. The molecular formula is C36H30ClCrN7NaO11S2. The Bertz CT molecular complexity index is 2720. The Hall–Kier alpha value is -5.08. The number of methoxy groups -OCH3 is 1. The molecule has 0 aromatic heterocycles. The van der Waals surface area contributed by atoms with Crippen LogP contribution in [0, 0.1) is 6.92 Å². The van der Waals surface area contributed by atoms with Crippen LogP contribution in [0.25, 0.3) is 10.8 Å². The monoisotopic (exact) mass is 910 g/mol. The van der Waals surface area contributed by atoms with Crippen molar-refractivity contribution < 1.29 is 98.5 Å². The van der Waals surface area contributed by atoms with E-state index >= 15 is 0 Å². The Morgan fingerprint density at radius 3 is 2.08 bits per heavy atom. The first-order chi connectivity index (χ1) is 26.7. The third-order valence-corrected chi connectivity index (χ3v) is 9.28. The average Bonchev–Trinajstić information content (AvgIpc) is 3.12. The molecule has 0 atom stereocenters. The molecule has 5 aromatic rings. The van der Waals surface area contributed by atoms with E-state index in [-0.39, 0.29) is 80.1 Å². The van der Waals surface area contributed by atoms with Gasteiger partial charge in [-0.1, -0.05) is 65.6 Å². The Morgan fingerprint density at radius 1 is 0.831 bits per heavy atom. The van der Waals surface area contributed by atoms with Crippen molar-refractivity contribution in [1.29, 1.82) is 0 Å². The molecule has 0 spiro atoms. The number of nitrogens with zero attached hydrogens (tertiary/aromatic N) is 4. The van der Waals surface area contributed by atoms with Crippen LogP contribution in [0.15, 0.2) is 122 Å². The molecule has 0 saturated carbocycles. The first-order valence-electron chi connectivity index (χ1n) is 15.9. The summed E-state index contributed by atoms with van der Waals surface area (Å²) in [5.74, 6) is -4.02. The van der Waals surface area contributed by atoms with Crippen molar-refractivity contribution in [3.8, 4) is 17.2 Å². The number of hydrogen-bond donors (Lipinski definition) is 3. The summed E-state index contributed by atoms with van der Waals surface area (Å²) in [4.78, 5) is 22.6. The first-order valence-corrected chi connectivity index (χ1v) is 19.7. The van der Waals surface area contributed by atoms with Crippen molar-refractivity contribution in [2.45, 2.75) is 18.7 Å². The molecule has 301 valence electrons. The molecule has 0 saturated heterocycles. The summed E-state index contributed by atoms with van der Waals surface area (Å²) < 4.78 is 53.7. The number of nitrogens with two attached hydrogens (primary N) is 1. The number of aryl methyl sites for hydroxylation is 1. The van der Waals surface area contributed by atoms with Crippen molar-refractivity contribution in [2.75, 3.05) is 23.4 Å². The zero-order chi connectivity index (χ0) is 42.2. The van der Waals surface area contributed by atoms with Gasteiger partial charge < -0.3 is 35.3 Å².